The van der Waals surface area contributed by atoms with Gasteiger partial charge in [-0.2, -0.15) is 0 Å². The quantitative estimate of drug-likeness (QED) is 0.166. The summed E-state index contributed by atoms with van der Waals surface area (Å²) in [6.07, 6.45) is 11.6. The monoisotopic (exact) mass is 560 g/mol. The molecule has 0 saturated carbocycles. The summed E-state index contributed by atoms with van der Waals surface area (Å²) in [5, 5.41) is 10.1. The Hall–Kier alpha value is -4.06. The van der Waals surface area contributed by atoms with E-state index in [1.807, 2.05) is 60.7 Å². The first-order valence-electron chi connectivity index (χ1n) is 14.6. The van der Waals surface area contributed by atoms with Crippen molar-refractivity contribution in [3.63, 3.8) is 0 Å². The van der Waals surface area contributed by atoms with Gasteiger partial charge in [0.05, 0.1) is 33.5 Å². The van der Waals surface area contributed by atoms with E-state index in [0.29, 0.717) is 32.2 Å². The molecule has 3 aromatic carbocycles. The number of phenols is 1. The Kier molecular flexibility index (Phi) is 13.0. The van der Waals surface area contributed by atoms with Crippen molar-refractivity contribution in [3.05, 3.63) is 70.8 Å². The van der Waals surface area contributed by atoms with Crippen molar-refractivity contribution < 1.29 is 28.8 Å². The molecule has 220 valence electrons. The van der Waals surface area contributed by atoms with E-state index in [1.54, 1.807) is 19.2 Å². The molecule has 0 aliphatic rings. The van der Waals surface area contributed by atoms with Gasteiger partial charge in [0, 0.05) is 22.8 Å². The van der Waals surface area contributed by atoms with Crippen LogP contribution in [0.25, 0.3) is 24.3 Å². The van der Waals surface area contributed by atoms with E-state index in [0.717, 1.165) is 70.9 Å². The van der Waals surface area contributed by atoms with Crippen LogP contribution in [0, 0.1) is 0 Å². The number of hydrogen-bond acceptors (Lipinski definition) is 6. The van der Waals surface area contributed by atoms with Gasteiger partial charge in [-0.3, -0.25) is 0 Å². The standard InChI is InChI=1S/C35H44O6/c1-6-16-38-31-14-15-33(39-17-7-2)27(22-31)12-13-29-24-34(40-18-8-3)28(23-35(29)41-19-9-4)11-10-26-20-30(36)25-32(21-26)37-5/h10-15,20-25,36H,6-9,16-19H2,1-5H3/b11-10+,13-12+. The molecule has 0 fully saturated rings. The third-order valence-electron chi connectivity index (χ3n) is 6.03. The van der Waals surface area contributed by atoms with Gasteiger partial charge in [0.15, 0.2) is 0 Å². The lowest BCUT2D eigenvalue weighted by Crippen LogP contribution is -2.01. The largest absolute Gasteiger partial charge is 0.508 e. The molecule has 6 nitrogen and oxygen atoms in total. The SMILES string of the molecule is CCCOc1ccc(OCCC)c(/C=C/c2cc(OCCC)c(/C=C/c3cc(O)cc(OC)c3)cc2OCCC)c1. The predicted molar refractivity (Wildman–Crippen MR) is 169 cm³/mol. The predicted octanol–water partition coefficient (Wildman–Crippen LogP) is 8.90. The number of ether oxygens (including phenoxy) is 5. The molecule has 41 heavy (non-hydrogen) atoms. The molecule has 3 aromatic rings. The van der Waals surface area contributed by atoms with E-state index in [-0.39, 0.29) is 5.75 Å². The number of aromatic hydroxyl groups is 1. The maximum absolute atomic E-state index is 10.1. The summed E-state index contributed by atoms with van der Waals surface area (Å²) in [4.78, 5) is 0. The molecule has 0 unspecified atom stereocenters. The van der Waals surface area contributed by atoms with E-state index in [9.17, 15) is 5.11 Å². The Bertz CT molecular complexity index is 1290. The molecule has 0 saturated heterocycles. The van der Waals surface area contributed by atoms with E-state index in [1.165, 1.54) is 0 Å². The number of methoxy groups -OCH3 is 1. The highest BCUT2D eigenvalue weighted by atomic mass is 16.5. The van der Waals surface area contributed by atoms with Gasteiger partial charge in [0.1, 0.15) is 34.5 Å². The second-order valence-electron chi connectivity index (χ2n) is 9.65. The summed E-state index contributed by atoms with van der Waals surface area (Å²) in [7, 11) is 1.58. The first-order chi connectivity index (χ1) is 20.0. The third-order valence-corrected chi connectivity index (χ3v) is 6.03. The van der Waals surface area contributed by atoms with Crippen molar-refractivity contribution in [1.82, 2.24) is 0 Å². The summed E-state index contributed by atoms with van der Waals surface area (Å²) in [6.45, 7) is 10.8. The Morgan fingerprint density at radius 1 is 0.537 bits per heavy atom. The van der Waals surface area contributed by atoms with Gasteiger partial charge in [-0.25, -0.2) is 0 Å². The average Bonchev–Trinajstić information content (AvgIpc) is 2.99. The van der Waals surface area contributed by atoms with Gasteiger partial charge >= 0.3 is 0 Å². The van der Waals surface area contributed by atoms with Crippen LogP contribution in [0.3, 0.4) is 0 Å². The molecule has 0 amide bonds. The van der Waals surface area contributed by atoms with E-state index in [2.05, 4.69) is 27.7 Å². The lowest BCUT2D eigenvalue weighted by molar-refractivity contribution is 0.307. The molecule has 0 bridgehead atoms. The van der Waals surface area contributed by atoms with E-state index < -0.39 is 0 Å². The fourth-order valence-electron chi connectivity index (χ4n) is 4.02. The molecule has 0 atom stereocenters. The minimum atomic E-state index is 0.144. The zero-order chi connectivity index (χ0) is 29.5. The number of phenolic OH excluding ortho intramolecular Hbond substituents is 1. The Morgan fingerprint density at radius 2 is 1.05 bits per heavy atom. The van der Waals surface area contributed by atoms with Crippen LogP contribution in [0.1, 0.15) is 75.6 Å². The maximum Gasteiger partial charge on any atom is 0.127 e. The summed E-state index contributed by atoms with van der Waals surface area (Å²) in [6, 6.07) is 15.1. The Morgan fingerprint density at radius 3 is 1.61 bits per heavy atom. The van der Waals surface area contributed by atoms with Crippen LogP contribution < -0.4 is 23.7 Å². The molecular weight excluding hydrogens is 516 g/mol. The number of benzene rings is 3. The minimum Gasteiger partial charge on any atom is -0.508 e. The van der Waals surface area contributed by atoms with Crippen molar-refractivity contribution in [2.75, 3.05) is 33.5 Å². The van der Waals surface area contributed by atoms with Gasteiger partial charge in [-0.15, -0.1) is 0 Å². The molecule has 0 spiro atoms. The lowest BCUT2D eigenvalue weighted by Gasteiger charge is -2.15. The van der Waals surface area contributed by atoms with Crippen molar-refractivity contribution in [2.24, 2.45) is 0 Å². The Labute approximate surface area is 245 Å². The molecular formula is C35H44O6. The lowest BCUT2D eigenvalue weighted by atomic mass is 10.0. The third kappa shape index (κ3) is 9.82. The maximum atomic E-state index is 10.1. The molecule has 0 aromatic heterocycles. The van der Waals surface area contributed by atoms with Gasteiger partial charge in [-0.05, 0) is 73.7 Å². The fraction of sp³-hybridized carbons (Fsp3) is 0.371. The molecule has 3 rings (SSSR count). The number of hydrogen-bond donors (Lipinski definition) is 1. The van der Waals surface area contributed by atoms with Crippen molar-refractivity contribution in [1.29, 1.82) is 0 Å². The van der Waals surface area contributed by atoms with Gasteiger partial charge in [-0.1, -0.05) is 52.0 Å². The van der Waals surface area contributed by atoms with E-state index >= 15 is 0 Å². The zero-order valence-corrected chi connectivity index (χ0v) is 25.1. The second-order valence-corrected chi connectivity index (χ2v) is 9.65. The minimum absolute atomic E-state index is 0.144. The molecule has 6 heteroatoms. The van der Waals surface area contributed by atoms with Gasteiger partial charge < -0.3 is 28.8 Å². The Balaban J connectivity index is 2.04. The van der Waals surface area contributed by atoms with Crippen molar-refractivity contribution in [3.8, 4) is 34.5 Å². The smallest absolute Gasteiger partial charge is 0.127 e. The molecule has 0 aliphatic carbocycles. The van der Waals surface area contributed by atoms with Crippen LogP contribution >= 0.6 is 0 Å². The van der Waals surface area contributed by atoms with Gasteiger partial charge in [0.2, 0.25) is 0 Å². The highest BCUT2D eigenvalue weighted by Gasteiger charge is 2.11. The normalized spacial score (nSPS) is 11.2. The van der Waals surface area contributed by atoms with Crippen LogP contribution in [-0.2, 0) is 0 Å². The summed E-state index contributed by atoms with van der Waals surface area (Å²) < 4.78 is 29.6. The van der Waals surface area contributed by atoms with Crippen molar-refractivity contribution in [2.45, 2.75) is 53.4 Å². The fourth-order valence-corrected chi connectivity index (χ4v) is 4.02. The second kappa shape index (κ2) is 16.9. The summed E-state index contributed by atoms with van der Waals surface area (Å²) >= 11 is 0. The van der Waals surface area contributed by atoms with E-state index in [4.69, 9.17) is 23.7 Å². The van der Waals surface area contributed by atoms with Gasteiger partial charge in [0.25, 0.3) is 0 Å². The molecule has 1 N–H and O–H groups in total. The highest BCUT2D eigenvalue weighted by Crippen LogP contribution is 2.34. The van der Waals surface area contributed by atoms with Crippen LogP contribution in [0.15, 0.2) is 48.5 Å². The first-order valence-corrected chi connectivity index (χ1v) is 14.6. The van der Waals surface area contributed by atoms with Crippen LogP contribution in [-0.4, -0.2) is 38.6 Å². The summed E-state index contributed by atoms with van der Waals surface area (Å²) in [5.74, 6) is 3.87. The van der Waals surface area contributed by atoms with Crippen LogP contribution in [0.5, 0.6) is 34.5 Å². The molecule has 0 radical (unpaired) electrons. The first kappa shape index (κ1) is 31.5. The summed E-state index contributed by atoms with van der Waals surface area (Å²) in [5.41, 5.74) is 3.53. The molecule has 0 aliphatic heterocycles. The van der Waals surface area contributed by atoms with Crippen molar-refractivity contribution >= 4 is 24.3 Å². The topological polar surface area (TPSA) is 66.4 Å². The zero-order valence-electron chi connectivity index (χ0n) is 25.1. The number of rotatable bonds is 17. The molecule has 0 heterocycles. The highest BCUT2D eigenvalue weighted by molar-refractivity contribution is 5.80. The van der Waals surface area contributed by atoms with Crippen LogP contribution in [0.2, 0.25) is 0 Å². The average molecular weight is 561 g/mol. The van der Waals surface area contributed by atoms with Crippen LogP contribution in [0.4, 0.5) is 0 Å².